The topological polar surface area (TPSA) is 50.7 Å². The van der Waals surface area contributed by atoms with E-state index < -0.39 is 0 Å². The number of rotatable bonds is 1. The minimum absolute atomic E-state index is 0.0148. The number of carbonyl (C=O) groups excluding carboxylic acids is 1. The number of hydrogen-bond donors (Lipinski definition) is 1. The number of ether oxygens (including phenoxy) is 1. The molecule has 16 heavy (non-hydrogen) atoms. The largest absolute Gasteiger partial charge is 0.493 e. The summed E-state index contributed by atoms with van der Waals surface area (Å²) in [4.78, 5) is 15.4. The fourth-order valence-electron chi connectivity index (χ4n) is 2.20. The number of carbonyl (C=O) groups is 1. The van der Waals surface area contributed by atoms with Crippen LogP contribution in [0.3, 0.4) is 0 Å². The van der Waals surface area contributed by atoms with Crippen molar-refractivity contribution < 1.29 is 9.53 Å². The number of para-hydroxylation sites is 1. The van der Waals surface area contributed by atoms with Gasteiger partial charge in [-0.15, -0.1) is 0 Å². The summed E-state index contributed by atoms with van der Waals surface area (Å²) in [6.45, 7) is 0.936. The van der Waals surface area contributed by atoms with Crippen LogP contribution in [0, 0.1) is 0 Å². The number of nitrogens with zero attached hydrogens (tertiary/aromatic N) is 1. The second kappa shape index (κ2) is 3.63. The number of aliphatic imine (C=N–C) groups is 1. The molecule has 1 aromatic rings. The molecule has 1 N–H and O–H groups in total. The van der Waals surface area contributed by atoms with E-state index in [2.05, 4.69) is 10.3 Å². The molecule has 0 bridgehead atoms. The molecular weight excluding hydrogens is 204 g/mol. The summed E-state index contributed by atoms with van der Waals surface area (Å²) < 4.78 is 5.57. The number of amidine groups is 1. The molecule has 1 atom stereocenters. The zero-order valence-corrected chi connectivity index (χ0v) is 8.77. The van der Waals surface area contributed by atoms with Crippen molar-refractivity contribution in [3.8, 4) is 5.75 Å². The van der Waals surface area contributed by atoms with Crippen molar-refractivity contribution in [2.24, 2.45) is 4.99 Å². The summed E-state index contributed by atoms with van der Waals surface area (Å²) in [7, 11) is 0. The lowest BCUT2D eigenvalue weighted by molar-refractivity contribution is -0.117. The van der Waals surface area contributed by atoms with Crippen LogP contribution < -0.4 is 10.1 Å². The van der Waals surface area contributed by atoms with Gasteiger partial charge >= 0.3 is 0 Å². The van der Waals surface area contributed by atoms with Crippen molar-refractivity contribution in [1.29, 1.82) is 0 Å². The van der Waals surface area contributed by atoms with Crippen LogP contribution in [0.25, 0.3) is 0 Å². The van der Waals surface area contributed by atoms with Crippen LogP contribution in [0.2, 0.25) is 0 Å². The van der Waals surface area contributed by atoms with Crippen LogP contribution >= 0.6 is 0 Å². The summed E-state index contributed by atoms with van der Waals surface area (Å²) in [6, 6.07) is 7.93. The lowest BCUT2D eigenvalue weighted by Crippen LogP contribution is -2.32. The monoisotopic (exact) mass is 216 g/mol. The Hall–Kier alpha value is -1.84. The highest BCUT2D eigenvalue weighted by Gasteiger charge is 2.28. The first-order valence-corrected chi connectivity index (χ1v) is 5.40. The van der Waals surface area contributed by atoms with E-state index in [9.17, 15) is 4.79 Å². The molecule has 0 fully saturated rings. The summed E-state index contributed by atoms with van der Waals surface area (Å²) >= 11 is 0. The third kappa shape index (κ3) is 1.46. The maximum absolute atomic E-state index is 11.2. The predicted octanol–water partition coefficient (Wildman–Crippen LogP) is 1.08. The molecule has 2 aliphatic rings. The third-order valence-electron chi connectivity index (χ3n) is 2.95. The first-order valence-electron chi connectivity index (χ1n) is 5.40. The van der Waals surface area contributed by atoms with Crippen molar-refractivity contribution in [3.05, 3.63) is 29.8 Å². The molecule has 2 heterocycles. The molecule has 2 aliphatic heterocycles. The molecule has 1 aromatic carbocycles. The Kier molecular flexibility index (Phi) is 2.13. The van der Waals surface area contributed by atoms with E-state index in [4.69, 9.17) is 4.74 Å². The van der Waals surface area contributed by atoms with Crippen LogP contribution in [0.1, 0.15) is 17.9 Å². The summed E-state index contributed by atoms with van der Waals surface area (Å²) in [6.07, 6.45) is 0.871. The van der Waals surface area contributed by atoms with Gasteiger partial charge in [0.1, 0.15) is 18.1 Å². The fraction of sp³-hybridized carbons (Fsp3) is 0.333. The highest BCUT2D eigenvalue weighted by atomic mass is 16.5. The third-order valence-corrected chi connectivity index (χ3v) is 2.95. The Labute approximate surface area is 93.3 Å². The van der Waals surface area contributed by atoms with E-state index in [0.717, 1.165) is 23.6 Å². The van der Waals surface area contributed by atoms with Gasteiger partial charge in [-0.3, -0.25) is 9.79 Å². The van der Waals surface area contributed by atoms with Crippen molar-refractivity contribution in [1.82, 2.24) is 5.32 Å². The van der Waals surface area contributed by atoms with Crippen LogP contribution in [0.5, 0.6) is 5.75 Å². The SMILES string of the molecule is O=C1CN=C(C2CCOc3ccccc32)N1. The normalized spacial score (nSPS) is 23.1. The standard InChI is InChI=1S/C12H12N2O2/c15-11-7-13-12(14-11)9-5-6-16-10-4-2-1-3-8(9)10/h1-4,9H,5-7H2,(H,13,14,15). The molecule has 0 aliphatic carbocycles. The number of hydrogen-bond acceptors (Lipinski definition) is 3. The minimum Gasteiger partial charge on any atom is -0.493 e. The van der Waals surface area contributed by atoms with E-state index >= 15 is 0 Å². The van der Waals surface area contributed by atoms with Gasteiger partial charge in [-0.1, -0.05) is 18.2 Å². The van der Waals surface area contributed by atoms with Crippen molar-refractivity contribution in [2.45, 2.75) is 12.3 Å². The van der Waals surface area contributed by atoms with Gasteiger partial charge in [0, 0.05) is 11.5 Å². The van der Waals surface area contributed by atoms with Gasteiger partial charge in [0.05, 0.1) is 6.61 Å². The van der Waals surface area contributed by atoms with Gasteiger partial charge < -0.3 is 10.1 Å². The quantitative estimate of drug-likeness (QED) is 0.763. The van der Waals surface area contributed by atoms with Crippen molar-refractivity contribution in [3.63, 3.8) is 0 Å². The van der Waals surface area contributed by atoms with Gasteiger partial charge in [0.15, 0.2) is 0 Å². The van der Waals surface area contributed by atoms with Crippen molar-refractivity contribution >= 4 is 11.7 Å². The second-order valence-electron chi connectivity index (χ2n) is 3.98. The van der Waals surface area contributed by atoms with Gasteiger partial charge in [-0.2, -0.15) is 0 Å². The Morgan fingerprint density at radius 3 is 3.06 bits per heavy atom. The molecule has 0 radical (unpaired) electrons. The average molecular weight is 216 g/mol. The Bertz CT molecular complexity index is 468. The van der Waals surface area contributed by atoms with Gasteiger partial charge in [0.2, 0.25) is 5.91 Å². The summed E-state index contributed by atoms with van der Waals surface area (Å²) in [5, 5.41) is 2.82. The number of amides is 1. The van der Waals surface area contributed by atoms with Crippen LogP contribution in [0.4, 0.5) is 0 Å². The van der Waals surface area contributed by atoms with E-state index in [1.807, 2.05) is 24.3 Å². The molecule has 82 valence electrons. The van der Waals surface area contributed by atoms with E-state index in [-0.39, 0.29) is 18.4 Å². The fourth-order valence-corrected chi connectivity index (χ4v) is 2.20. The summed E-state index contributed by atoms with van der Waals surface area (Å²) in [5.41, 5.74) is 1.12. The molecule has 1 amide bonds. The Morgan fingerprint density at radius 1 is 1.38 bits per heavy atom. The Balaban J connectivity index is 1.96. The molecule has 4 nitrogen and oxygen atoms in total. The maximum atomic E-state index is 11.2. The predicted molar refractivity (Wildman–Crippen MR) is 59.7 cm³/mol. The van der Waals surface area contributed by atoms with Crippen LogP contribution in [-0.4, -0.2) is 24.9 Å². The number of benzene rings is 1. The highest BCUT2D eigenvalue weighted by Crippen LogP contribution is 2.34. The number of fused-ring (bicyclic) bond motifs is 1. The zero-order valence-electron chi connectivity index (χ0n) is 8.77. The smallest absolute Gasteiger partial charge is 0.247 e. The maximum Gasteiger partial charge on any atom is 0.247 e. The van der Waals surface area contributed by atoms with Gasteiger partial charge in [-0.25, -0.2) is 0 Å². The molecule has 1 unspecified atom stereocenters. The lowest BCUT2D eigenvalue weighted by atomic mass is 9.92. The second-order valence-corrected chi connectivity index (χ2v) is 3.98. The minimum atomic E-state index is -0.0148. The molecule has 3 rings (SSSR count). The van der Waals surface area contributed by atoms with Gasteiger partial charge in [0.25, 0.3) is 0 Å². The molecule has 0 saturated heterocycles. The first-order chi connectivity index (χ1) is 7.84. The molecule has 0 spiro atoms. The first kappa shape index (κ1) is 9.39. The average Bonchev–Trinajstić information content (AvgIpc) is 2.75. The summed E-state index contributed by atoms with van der Waals surface area (Å²) in [5.74, 6) is 1.86. The molecule has 4 heteroatoms. The van der Waals surface area contributed by atoms with E-state index in [1.54, 1.807) is 0 Å². The van der Waals surface area contributed by atoms with Crippen LogP contribution in [0.15, 0.2) is 29.3 Å². The lowest BCUT2D eigenvalue weighted by Gasteiger charge is -2.25. The highest BCUT2D eigenvalue weighted by molar-refractivity contribution is 6.07. The molecule has 0 saturated carbocycles. The Morgan fingerprint density at radius 2 is 2.25 bits per heavy atom. The number of nitrogens with one attached hydrogen (secondary N) is 1. The zero-order chi connectivity index (χ0) is 11.0. The van der Waals surface area contributed by atoms with Crippen LogP contribution in [-0.2, 0) is 4.79 Å². The van der Waals surface area contributed by atoms with E-state index in [0.29, 0.717) is 6.61 Å². The van der Waals surface area contributed by atoms with E-state index in [1.165, 1.54) is 0 Å². The van der Waals surface area contributed by atoms with Gasteiger partial charge in [-0.05, 0) is 12.5 Å². The van der Waals surface area contributed by atoms with Crippen molar-refractivity contribution in [2.75, 3.05) is 13.2 Å². The molecule has 0 aromatic heterocycles. The molecular formula is C12H12N2O2.